The van der Waals surface area contributed by atoms with Crippen LogP contribution in [0, 0.1) is 11.3 Å². The number of amides is 1. The summed E-state index contributed by atoms with van der Waals surface area (Å²) in [5.41, 5.74) is 5.70. The van der Waals surface area contributed by atoms with Gasteiger partial charge in [-0.25, -0.2) is 0 Å². The van der Waals surface area contributed by atoms with Crippen LogP contribution in [0.1, 0.15) is 40.5 Å². The number of carbonyl (C=O) groups is 1. The van der Waals surface area contributed by atoms with Crippen LogP contribution >= 0.6 is 0 Å². The Balaban J connectivity index is 2.42. The Morgan fingerprint density at radius 3 is 2.29 bits per heavy atom. The highest BCUT2D eigenvalue weighted by atomic mass is 16.2. The van der Waals surface area contributed by atoms with Gasteiger partial charge in [-0.15, -0.1) is 0 Å². The van der Waals surface area contributed by atoms with Gasteiger partial charge in [-0.05, 0) is 24.2 Å². The van der Waals surface area contributed by atoms with Crippen LogP contribution in [0.4, 0.5) is 0 Å². The Morgan fingerprint density at radius 2 is 2.00 bits per heavy atom. The molecule has 0 heterocycles. The Labute approximate surface area is 86.4 Å². The SMILES string of the molecule is CC1CCC1NC(=O)[C@@H](N)C(C)(C)C. The normalized spacial score (nSPS) is 29.2. The van der Waals surface area contributed by atoms with Crippen LogP contribution < -0.4 is 11.1 Å². The third-order valence-electron chi connectivity index (χ3n) is 3.16. The van der Waals surface area contributed by atoms with Crippen molar-refractivity contribution >= 4 is 5.91 Å². The summed E-state index contributed by atoms with van der Waals surface area (Å²) in [5, 5.41) is 3.01. The molecule has 0 bridgehead atoms. The van der Waals surface area contributed by atoms with Gasteiger partial charge in [-0.3, -0.25) is 4.79 Å². The van der Waals surface area contributed by atoms with Crippen LogP contribution in [0.15, 0.2) is 0 Å². The summed E-state index contributed by atoms with van der Waals surface area (Å²) in [4.78, 5) is 11.7. The average molecular weight is 198 g/mol. The summed E-state index contributed by atoms with van der Waals surface area (Å²) in [6.45, 7) is 8.13. The van der Waals surface area contributed by atoms with Gasteiger partial charge in [0.2, 0.25) is 5.91 Å². The smallest absolute Gasteiger partial charge is 0.237 e. The molecule has 3 N–H and O–H groups in total. The zero-order valence-corrected chi connectivity index (χ0v) is 9.63. The highest BCUT2D eigenvalue weighted by Crippen LogP contribution is 2.27. The van der Waals surface area contributed by atoms with E-state index < -0.39 is 6.04 Å². The van der Waals surface area contributed by atoms with Gasteiger partial charge in [0.15, 0.2) is 0 Å². The van der Waals surface area contributed by atoms with Crippen molar-refractivity contribution in [3.63, 3.8) is 0 Å². The Hall–Kier alpha value is -0.570. The van der Waals surface area contributed by atoms with Gasteiger partial charge in [-0.1, -0.05) is 27.7 Å². The fourth-order valence-corrected chi connectivity index (χ4v) is 1.55. The molecule has 0 aliphatic heterocycles. The van der Waals surface area contributed by atoms with Crippen molar-refractivity contribution in [1.29, 1.82) is 0 Å². The largest absolute Gasteiger partial charge is 0.352 e. The van der Waals surface area contributed by atoms with Crippen molar-refractivity contribution in [3.8, 4) is 0 Å². The predicted molar refractivity (Wildman–Crippen MR) is 57.8 cm³/mol. The number of hydrogen-bond acceptors (Lipinski definition) is 2. The van der Waals surface area contributed by atoms with Gasteiger partial charge in [0.05, 0.1) is 6.04 Å². The Kier molecular flexibility index (Phi) is 3.20. The fraction of sp³-hybridized carbons (Fsp3) is 0.909. The third-order valence-corrected chi connectivity index (χ3v) is 3.16. The first-order valence-electron chi connectivity index (χ1n) is 5.38. The lowest BCUT2D eigenvalue weighted by atomic mass is 9.80. The second kappa shape index (κ2) is 3.89. The van der Waals surface area contributed by atoms with Gasteiger partial charge in [0, 0.05) is 6.04 Å². The number of rotatable bonds is 2. The molecule has 1 aliphatic rings. The van der Waals surface area contributed by atoms with Crippen molar-refractivity contribution in [2.24, 2.45) is 17.1 Å². The van der Waals surface area contributed by atoms with E-state index in [9.17, 15) is 4.79 Å². The van der Waals surface area contributed by atoms with Gasteiger partial charge in [-0.2, -0.15) is 0 Å². The maximum atomic E-state index is 11.7. The molecule has 1 fully saturated rings. The molecule has 14 heavy (non-hydrogen) atoms. The van der Waals surface area contributed by atoms with Gasteiger partial charge < -0.3 is 11.1 Å². The molecule has 1 amide bonds. The molecule has 1 saturated carbocycles. The number of carbonyl (C=O) groups excluding carboxylic acids is 1. The summed E-state index contributed by atoms with van der Waals surface area (Å²) in [6.07, 6.45) is 2.32. The molecule has 3 nitrogen and oxygen atoms in total. The molecule has 82 valence electrons. The summed E-state index contributed by atoms with van der Waals surface area (Å²) in [6, 6.07) is -0.0498. The van der Waals surface area contributed by atoms with Crippen molar-refractivity contribution in [3.05, 3.63) is 0 Å². The quantitative estimate of drug-likeness (QED) is 0.702. The second-order valence-corrected chi connectivity index (χ2v) is 5.51. The monoisotopic (exact) mass is 198 g/mol. The van der Waals surface area contributed by atoms with Gasteiger partial charge in [0.1, 0.15) is 0 Å². The van der Waals surface area contributed by atoms with E-state index in [1.54, 1.807) is 0 Å². The van der Waals surface area contributed by atoms with Crippen LogP contribution in [0.3, 0.4) is 0 Å². The molecule has 3 atom stereocenters. The number of nitrogens with two attached hydrogens (primary N) is 1. The first kappa shape index (κ1) is 11.5. The first-order chi connectivity index (χ1) is 6.32. The standard InChI is InChI=1S/C11H22N2O/c1-7-5-6-8(7)13-10(14)9(12)11(2,3)4/h7-9H,5-6,12H2,1-4H3,(H,13,14)/t7?,8?,9-/m1/s1. The molecule has 1 aliphatic carbocycles. The van der Waals surface area contributed by atoms with E-state index in [0.717, 1.165) is 6.42 Å². The molecule has 0 aromatic carbocycles. The van der Waals surface area contributed by atoms with Crippen molar-refractivity contribution in [2.45, 2.75) is 52.6 Å². The maximum Gasteiger partial charge on any atom is 0.237 e. The Morgan fingerprint density at radius 1 is 1.43 bits per heavy atom. The van der Waals surface area contributed by atoms with E-state index in [4.69, 9.17) is 5.73 Å². The highest BCUT2D eigenvalue weighted by molar-refractivity contribution is 5.82. The third kappa shape index (κ3) is 2.47. The summed E-state index contributed by atoms with van der Waals surface area (Å²) in [5.74, 6) is 0.611. The topological polar surface area (TPSA) is 55.1 Å². The van der Waals surface area contributed by atoms with E-state index in [1.165, 1.54) is 6.42 Å². The van der Waals surface area contributed by atoms with Crippen molar-refractivity contribution in [2.75, 3.05) is 0 Å². The van der Waals surface area contributed by atoms with Crippen LogP contribution in [0.25, 0.3) is 0 Å². The molecule has 3 heteroatoms. The fourth-order valence-electron chi connectivity index (χ4n) is 1.55. The molecule has 2 unspecified atom stereocenters. The second-order valence-electron chi connectivity index (χ2n) is 5.51. The molecule has 0 aromatic rings. The lowest BCUT2D eigenvalue weighted by Crippen LogP contribution is -2.54. The summed E-state index contributed by atoms with van der Waals surface area (Å²) in [7, 11) is 0. The maximum absolute atomic E-state index is 11.7. The molecular formula is C11H22N2O. The lowest BCUT2D eigenvalue weighted by molar-refractivity contribution is -0.126. The molecule has 1 rings (SSSR count). The molecule has 0 radical (unpaired) electrons. The molecule has 0 aromatic heterocycles. The predicted octanol–water partition coefficient (Wildman–Crippen LogP) is 1.27. The minimum atomic E-state index is -0.407. The van der Waals surface area contributed by atoms with E-state index in [1.807, 2.05) is 20.8 Å². The molecule has 0 spiro atoms. The zero-order chi connectivity index (χ0) is 10.9. The van der Waals surface area contributed by atoms with E-state index in [2.05, 4.69) is 12.2 Å². The van der Waals surface area contributed by atoms with E-state index >= 15 is 0 Å². The van der Waals surface area contributed by atoms with Crippen molar-refractivity contribution in [1.82, 2.24) is 5.32 Å². The average Bonchev–Trinajstić information content (AvgIpc) is 2.08. The molecule has 0 saturated heterocycles. The number of hydrogen-bond donors (Lipinski definition) is 2. The van der Waals surface area contributed by atoms with Crippen LogP contribution in [-0.4, -0.2) is 18.0 Å². The van der Waals surface area contributed by atoms with Gasteiger partial charge in [0.25, 0.3) is 0 Å². The summed E-state index contributed by atoms with van der Waals surface area (Å²) < 4.78 is 0. The summed E-state index contributed by atoms with van der Waals surface area (Å²) >= 11 is 0. The van der Waals surface area contributed by atoms with E-state index in [0.29, 0.717) is 12.0 Å². The number of nitrogens with one attached hydrogen (secondary N) is 1. The lowest BCUT2D eigenvalue weighted by Gasteiger charge is -2.36. The zero-order valence-electron chi connectivity index (χ0n) is 9.63. The van der Waals surface area contributed by atoms with E-state index in [-0.39, 0.29) is 11.3 Å². The van der Waals surface area contributed by atoms with Crippen LogP contribution in [-0.2, 0) is 4.79 Å². The van der Waals surface area contributed by atoms with Gasteiger partial charge >= 0.3 is 0 Å². The molecular weight excluding hydrogens is 176 g/mol. The minimum Gasteiger partial charge on any atom is -0.352 e. The minimum absolute atomic E-state index is 0.00551. The Bertz CT molecular complexity index is 220. The van der Waals surface area contributed by atoms with Crippen LogP contribution in [0.5, 0.6) is 0 Å². The van der Waals surface area contributed by atoms with Crippen molar-refractivity contribution < 1.29 is 4.79 Å². The first-order valence-corrected chi connectivity index (χ1v) is 5.38. The van der Waals surface area contributed by atoms with Crippen LogP contribution in [0.2, 0.25) is 0 Å². The highest BCUT2D eigenvalue weighted by Gasteiger charge is 2.33.